The van der Waals surface area contributed by atoms with Gasteiger partial charge in [0.05, 0.1) is 21.3 Å². The number of rotatable bonds is 5. The molecule has 0 N–H and O–H groups in total. The summed E-state index contributed by atoms with van der Waals surface area (Å²) in [5.41, 5.74) is 2.36. The predicted octanol–water partition coefficient (Wildman–Crippen LogP) is 2.58. The van der Waals surface area contributed by atoms with Gasteiger partial charge in [-0.3, -0.25) is 0 Å². The average molecular weight is 345 g/mol. The van der Waals surface area contributed by atoms with Crippen molar-refractivity contribution in [3.63, 3.8) is 0 Å². The van der Waals surface area contributed by atoms with E-state index in [1.807, 2.05) is 6.07 Å². The zero-order valence-electron chi connectivity index (χ0n) is 14.9. The Balaban J connectivity index is 1.62. The van der Waals surface area contributed by atoms with Crippen molar-refractivity contribution in [1.29, 1.82) is 0 Å². The van der Waals surface area contributed by atoms with Crippen molar-refractivity contribution in [3.05, 3.63) is 23.1 Å². The van der Waals surface area contributed by atoms with Gasteiger partial charge in [-0.25, -0.2) is 0 Å². The first-order valence-corrected chi connectivity index (χ1v) is 8.64. The predicted molar refractivity (Wildman–Crippen MR) is 92.0 cm³/mol. The van der Waals surface area contributed by atoms with Crippen molar-refractivity contribution >= 4 is 6.01 Å². The minimum absolute atomic E-state index is 0.471. The van der Waals surface area contributed by atoms with Gasteiger partial charge in [0.15, 0.2) is 11.5 Å². The smallest absolute Gasteiger partial charge is 0.318 e. The molecule has 25 heavy (non-hydrogen) atoms. The molecule has 4 rings (SSSR count). The molecule has 0 atom stereocenters. The third-order valence-corrected chi connectivity index (χ3v) is 4.94. The Bertz CT molecular complexity index is 770. The molecule has 1 fully saturated rings. The maximum atomic E-state index is 5.87. The molecule has 1 saturated carbocycles. The summed E-state index contributed by atoms with van der Waals surface area (Å²) in [6, 6.07) is 2.66. The Kier molecular flexibility index (Phi) is 4.15. The van der Waals surface area contributed by atoms with Gasteiger partial charge >= 0.3 is 6.01 Å². The molecule has 1 aromatic carbocycles. The molecule has 0 unspecified atom stereocenters. The minimum atomic E-state index is 0.471. The van der Waals surface area contributed by atoms with Crippen LogP contribution >= 0.6 is 0 Å². The lowest BCUT2D eigenvalue weighted by Crippen LogP contribution is -2.26. The van der Waals surface area contributed by atoms with E-state index >= 15 is 0 Å². The number of fused-ring (bicyclic) bond motifs is 1. The SMILES string of the molecule is COc1cc2c(c(OC)c1OC)CCN(c1nnc(C3CC3)o1)CC2. The molecule has 0 radical (unpaired) electrons. The van der Waals surface area contributed by atoms with E-state index in [2.05, 4.69) is 15.1 Å². The van der Waals surface area contributed by atoms with Gasteiger partial charge in [-0.1, -0.05) is 5.10 Å². The molecule has 7 nitrogen and oxygen atoms in total. The lowest BCUT2D eigenvalue weighted by atomic mass is 10.0. The van der Waals surface area contributed by atoms with Crippen molar-refractivity contribution < 1.29 is 18.6 Å². The molecule has 0 spiro atoms. The highest BCUT2D eigenvalue weighted by Crippen LogP contribution is 2.43. The molecule has 0 amide bonds. The summed E-state index contributed by atoms with van der Waals surface area (Å²) in [5, 5.41) is 8.44. The van der Waals surface area contributed by atoms with Crippen LogP contribution in [0.5, 0.6) is 17.2 Å². The summed E-state index contributed by atoms with van der Waals surface area (Å²) in [5.74, 6) is 3.34. The first kappa shape index (κ1) is 16.1. The molecule has 0 saturated heterocycles. The van der Waals surface area contributed by atoms with Crippen LogP contribution in [-0.2, 0) is 12.8 Å². The summed E-state index contributed by atoms with van der Waals surface area (Å²) in [7, 11) is 4.94. The quantitative estimate of drug-likeness (QED) is 0.825. The van der Waals surface area contributed by atoms with E-state index in [1.165, 1.54) is 5.56 Å². The van der Waals surface area contributed by atoms with Crippen molar-refractivity contribution in [1.82, 2.24) is 10.2 Å². The lowest BCUT2D eigenvalue weighted by Gasteiger charge is -2.18. The number of hydrogen-bond donors (Lipinski definition) is 0. The van der Waals surface area contributed by atoms with Crippen molar-refractivity contribution in [2.24, 2.45) is 0 Å². The first-order valence-electron chi connectivity index (χ1n) is 8.64. The molecule has 1 aromatic heterocycles. The highest BCUT2D eigenvalue weighted by molar-refractivity contribution is 5.60. The number of hydrogen-bond acceptors (Lipinski definition) is 7. The van der Waals surface area contributed by atoms with Crippen LogP contribution < -0.4 is 19.1 Å². The summed E-state index contributed by atoms with van der Waals surface area (Å²) in [6.07, 6.45) is 3.99. The van der Waals surface area contributed by atoms with Crippen molar-refractivity contribution in [2.75, 3.05) is 39.3 Å². The highest BCUT2D eigenvalue weighted by Gasteiger charge is 2.31. The maximum absolute atomic E-state index is 5.87. The van der Waals surface area contributed by atoms with Gasteiger partial charge < -0.3 is 23.5 Å². The molecule has 2 aliphatic rings. The Morgan fingerprint density at radius 1 is 1.00 bits per heavy atom. The fourth-order valence-corrected chi connectivity index (χ4v) is 3.42. The summed E-state index contributed by atoms with van der Waals surface area (Å²) in [6.45, 7) is 1.61. The normalized spacial score (nSPS) is 17.0. The van der Waals surface area contributed by atoms with Crippen LogP contribution in [0.4, 0.5) is 6.01 Å². The zero-order chi connectivity index (χ0) is 17.4. The van der Waals surface area contributed by atoms with Gasteiger partial charge in [-0.05, 0) is 37.3 Å². The number of anilines is 1. The van der Waals surface area contributed by atoms with Crippen LogP contribution in [-0.4, -0.2) is 44.6 Å². The molecular weight excluding hydrogens is 322 g/mol. The number of aromatic nitrogens is 2. The van der Waals surface area contributed by atoms with Gasteiger partial charge in [0.25, 0.3) is 0 Å². The van der Waals surface area contributed by atoms with E-state index in [9.17, 15) is 0 Å². The van der Waals surface area contributed by atoms with E-state index in [1.54, 1.807) is 21.3 Å². The Hall–Kier alpha value is -2.44. The minimum Gasteiger partial charge on any atom is -0.493 e. The fourth-order valence-electron chi connectivity index (χ4n) is 3.42. The van der Waals surface area contributed by atoms with E-state index in [0.29, 0.717) is 23.4 Å². The molecule has 0 bridgehead atoms. The Morgan fingerprint density at radius 2 is 1.76 bits per heavy atom. The van der Waals surface area contributed by atoms with Crippen LogP contribution in [0.15, 0.2) is 10.5 Å². The molecular formula is C18H23N3O4. The number of ether oxygens (including phenoxy) is 3. The summed E-state index contributed by atoms with van der Waals surface area (Å²) >= 11 is 0. The molecule has 2 aromatic rings. The van der Waals surface area contributed by atoms with Crippen LogP contribution in [0.25, 0.3) is 0 Å². The topological polar surface area (TPSA) is 69.8 Å². The molecule has 134 valence electrons. The van der Waals surface area contributed by atoms with E-state index in [4.69, 9.17) is 18.6 Å². The van der Waals surface area contributed by atoms with E-state index in [0.717, 1.165) is 56.0 Å². The van der Waals surface area contributed by atoms with Gasteiger partial charge in [0, 0.05) is 24.6 Å². The second kappa shape index (κ2) is 6.46. The number of benzene rings is 1. The second-order valence-electron chi connectivity index (χ2n) is 6.47. The summed E-state index contributed by atoms with van der Waals surface area (Å²) < 4.78 is 22.5. The number of methoxy groups -OCH3 is 3. The first-order chi connectivity index (χ1) is 12.2. The molecule has 1 aliphatic heterocycles. The van der Waals surface area contributed by atoms with Crippen LogP contribution in [0.1, 0.15) is 35.8 Å². The fraction of sp³-hybridized carbons (Fsp3) is 0.556. The second-order valence-corrected chi connectivity index (χ2v) is 6.47. The van der Waals surface area contributed by atoms with Gasteiger partial charge in [0.1, 0.15) is 0 Å². The lowest BCUT2D eigenvalue weighted by molar-refractivity contribution is 0.321. The van der Waals surface area contributed by atoms with Gasteiger partial charge in [-0.15, -0.1) is 5.10 Å². The Labute approximate surface area is 146 Å². The van der Waals surface area contributed by atoms with E-state index < -0.39 is 0 Å². The van der Waals surface area contributed by atoms with Gasteiger partial charge in [0.2, 0.25) is 11.6 Å². The molecule has 2 heterocycles. The van der Waals surface area contributed by atoms with E-state index in [-0.39, 0.29) is 0 Å². The third kappa shape index (κ3) is 2.88. The number of nitrogens with zero attached hydrogens (tertiary/aromatic N) is 3. The zero-order valence-corrected chi connectivity index (χ0v) is 14.9. The van der Waals surface area contributed by atoms with Crippen molar-refractivity contribution in [3.8, 4) is 17.2 Å². The summed E-state index contributed by atoms with van der Waals surface area (Å²) in [4.78, 5) is 2.15. The maximum Gasteiger partial charge on any atom is 0.318 e. The van der Waals surface area contributed by atoms with Crippen LogP contribution in [0, 0.1) is 0 Å². The Morgan fingerprint density at radius 3 is 2.44 bits per heavy atom. The average Bonchev–Trinajstić information content (AvgIpc) is 3.42. The largest absolute Gasteiger partial charge is 0.493 e. The van der Waals surface area contributed by atoms with Crippen molar-refractivity contribution in [2.45, 2.75) is 31.6 Å². The molecule has 1 aliphatic carbocycles. The third-order valence-electron chi connectivity index (χ3n) is 4.94. The highest BCUT2D eigenvalue weighted by atomic mass is 16.5. The van der Waals surface area contributed by atoms with Crippen LogP contribution in [0.2, 0.25) is 0 Å². The molecule has 7 heteroatoms. The monoisotopic (exact) mass is 345 g/mol. The standard InChI is InChI=1S/C18H23N3O4/c1-22-14-10-12-6-8-21(18-20-19-17(25-18)11-4-5-11)9-7-13(12)15(23-2)16(14)24-3/h10-11H,4-9H2,1-3H3. The van der Waals surface area contributed by atoms with Gasteiger partial charge in [-0.2, -0.15) is 0 Å². The van der Waals surface area contributed by atoms with Crippen LogP contribution in [0.3, 0.4) is 0 Å².